The number of hydrogen-bond donors (Lipinski definition) is 0. The zero-order chi connectivity index (χ0) is 29.9. The lowest BCUT2D eigenvalue weighted by Gasteiger charge is -2.60. The van der Waals surface area contributed by atoms with Gasteiger partial charge in [0.25, 0.3) is 0 Å². The fourth-order valence-electron chi connectivity index (χ4n) is 7.05. The van der Waals surface area contributed by atoms with Crippen molar-refractivity contribution in [3.63, 3.8) is 0 Å². The number of amides is 1. The van der Waals surface area contributed by atoms with Crippen LogP contribution < -0.4 is 9.47 Å². The van der Waals surface area contributed by atoms with E-state index in [1.54, 1.807) is 19.3 Å². The summed E-state index contributed by atoms with van der Waals surface area (Å²) in [5, 5.41) is 0. The predicted molar refractivity (Wildman–Crippen MR) is 160 cm³/mol. The smallest absolute Gasteiger partial charge is 0.308 e. The maximum absolute atomic E-state index is 13.4. The van der Waals surface area contributed by atoms with E-state index in [0.717, 1.165) is 42.3 Å². The van der Waals surface area contributed by atoms with Crippen molar-refractivity contribution in [3.05, 3.63) is 65.7 Å². The molecule has 0 unspecified atom stereocenters. The number of carbonyl (C=O) groups is 3. The normalized spacial score (nSPS) is 25.9. The average molecular weight is 575 g/mol. The monoisotopic (exact) mass is 574 g/mol. The molecular weight excluding hydrogens is 532 g/mol. The van der Waals surface area contributed by atoms with Crippen molar-refractivity contribution in [3.8, 4) is 11.5 Å². The summed E-state index contributed by atoms with van der Waals surface area (Å²) in [6.45, 7) is 5.42. The molecule has 3 atom stereocenters. The van der Waals surface area contributed by atoms with Crippen molar-refractivity contribution < 1.29 is 28.6 Å². The van der Waals surface area contributed by atoms with E-state index in [9.17, 15) is 14.4 Å². The molecule has 2 aromatic rings. The summed E-state index contributed by atoms with van der Waals surface area (Å²) in [6, 6.07) is 15.2. The molecule has 5 rings (SSSR count). The van der Waals surface area contributed by atoms with E-state index in [1.807, 2.05) is 54.4 Å². The van der Waals surface area contributed by atoms with Gasteiger partial charge in [0, 0.05) is 51.5 Å². The lowest BCUT2D eigenvalue weighted by atomic mass is 9.55. The van der Waals surface area contributed by atoms with Crippen LogP contribution in [0.3, 0.4) is 0 Å². The topological polar surface area (TPSA) is 85.4 Å². The van der Waals surface area contributed by atoms with Gasteiger partial charge >= 0.3 is 11.9 Å². The third-order valence-electron chi connectivity index (χ3n) is 9.28. The molecule has 224 valence electrons. The Morgan fingerprint density at radius 3 is 2.48 bits per heavy atom. The number of nitrogens with zero attached hydrogens (tertiary/aromatic N) is 2. The van der Waals surface area contributed by atoms with Gasteiger partial charge in [0.2, 0.25) is 5.91 Å². The minimum Gasteiger partial charge on any atom is -0.497 e. The third-order valence-corrected chi connectivity index (χ3v) is 9.28. The predicted octanol–water partition coefficient (Wildman–Crippen LogP) is 5.00. The minimum absolute atomic E-state index is 0.0662. The summed E-state index contributed by atoms with van der Waals surface area (Å²) < 4.78 is 17.2. The Bertz CT molecular complexity index is 1350. The van der Waals surface area contributed by atoms with Crippen molar-refractivity contribution in [1.82, 2.24) is 9.80 Å². The summed E-state index contributed by atoms with van der Waals surface area (Å²) >= 11 is 0. The maximum atomic E-state index is 13.4. The second-order valence-corrected chi connectivity index (χ2v) is 12.2. The lowest BCUT2D eigenvalue weighted by Crippen LogP contribution is -2.68. The molecule has 0 radical (unpaired) electrons. The fraction of sp³-hybridized carbons (Fsp3) is 0.500. The molecule has 1 saturated heterocycles. The molecule has 2 saturated carbocycles. The maximum Gasteiger partial charge on any atom is 0.308 e. The molecule has 1 amide bonds. The van der Waals surface area contributed by atoms with E-state index in [-0.39, 0.29) is 23.9 Å². The zero-order valence-corrected chi connectivity index (χ0v) is 25.1. The van der Waals surface area contributed by atoms with E-state index < -0.39 is 11.0 Å². The van der Waals surface area contributed by atoms with Crippen LogP contribution in [0.5, 0.6) is 11.5 Å². The highest BCUT2D eigenvalue weighted by molar-refractivity contribution is 5.92. The van der Waals surface area contributed by atoms with Crippen LogP contribution in [0, 0.1) is 5.92 Å². The highest BCUT2D eigenvalue weighted by atomic mass is 16.6. The van der Waals surface area contributed by atoms with Gasteiger partial charge in [-0.2, -0.15) is 0 Å². The fourth-order valence-corrected chi connectivity index (χ4v) is 7.05. The number of fused-ring (bicyclic) bond motifs is 1. The molecular formula is C34H42N2O6. The Morgan fingerprint density at radius 2 is 1.76 bits per heavy atom. The molecule has 8 nitrogen and oxygen atoms in total. The number of likely N-dealkylation sites (N-methyl/N-ethyl adjacent to an activating group) is 1. The first-order valence-corrected chi connectivity index (χ1v) is 14.9. The summed E-state index contributed by atoms with van der Waals surface area (Å²) in [6.07, 6.45) is 8.68. The van der Waals surface area contributed by atoms with Gasteiger partial charge in [-0.3, -0.25) is 19.3 Å². The molecule has 1 aliphatic heterocycles. The van der Waals surface area contributed by atoms with Crippen LogP contribution in [-0.2, 0) is 24.5 Å². The number of hydrogen-bond acceptors (Lipinski definition) is 7. The van der Waals surface area contributed by atoms with Gasteiger partial charge in [0.05, 0.1) is 7.11 Å². The van der Waals surface area contributed by atoms with E-state index in [4.69, 9.17) is 14.2 Å². The van der Waals surface area contributed by atoms with E-state index in [0.29, 0.717) is 31.6 Å². The SMILES string of the molecule is COc1cccc(C=CC(=O)N(C)[C@H]2CC[C@]3(OC(C)=O)CN(CC4CC4)CC[C@@]3(c3cccc(OC(C)=O)c3)C2)c1. The minimum atomic E-state index is -0.752. The summed E-state index contributed by atoms with van der Waals surface area (Å²) in [5.74, 6) is 1.16. The number of esters is 2. The molecule has 0 aromatic heterocycles. The third kappa shape index (κ3) is 6.38. The lowest BCUT2D eigenvalue weighted by molar-refractivity contribution is -0.190. The molecule has 2 aliphatic carbocycles. The van der Waals surface area contributed by atoms with Gasteiger partial charge in [0.1, 0.15) is 17.1 Å². The van der Waals surface area contributed by atoms with Gasteiger partial charge in [-0.25, -0.2) is 0 Å². The van der Waals surface area contributed by atoms with Crippen LogP contribution in [0.15, 0.2) is 54.6 Å². The molecule has 0 bridgehead atoms. The number of ether oxygens (including phenoxy) is 3. The highest BCUT2D eigenvalue weighted by Crippen LogP contribution is 2.55. The van der Waals surface area contributed by atoms with Crippen LogP contribution in [0.2, 0.25) is 0 Å². The summed E-state index contributed by atoms with van der Waals surface area (Å²) in [4.78, 5) is 42.2. The number of likely N-dealkylation sites (tertiary alicyclic amines) is 1. The molecule has 0 spiro atoms. The number of rotatable bonds is 9. The Balaban J connectivity index is 1.47. The van der Waals surface area contributed by atoms with E-state index >= 15 is 0 Å². The van der Waals surface area contributed by atoms with Crippen LogP contribution in [0.4, 0.5) is 0 Å². The van der Waals surface area contributed by atoms with E-state index in [2.05, 4.69) is 11.0 Å². The van der Waals surface area contributed by atoms with Gasteiger partial charge in [-0.15, -0.1) is 0 Å². The Hall–Kier alpha value is -3.65. The first-order valence-electron chi connectivity index (χ1n) is 14.9. The quantitative estimate of drug-likeness (QED) is 0.237. The summed E-state index contributed by atoms with van der Waals surface area (Å²) in [7, 11) is 3.47. The van der Waals surface area contributed by atoms with Crippen molar-refractivity contribution >= 4 is 23.9 Å². The van der Waals surface area contributed by atoms with Crippen molar-refractivity contribution in [2.75, 3.05) is 33.8 Å². The number of piperidine rings is 1. The molecule has 2 aromatic carbocycles. The molecule has 42 heavy (non-hydrogen) atoms. The Kier molecular flexibility index (Phi) is 8.73. The molecule has 0 N–H and O–H groups in total. The van der Waals surface area contributed by atoms with Crippen LogP contribution >= 0.6 is 0 Å². The van der Waals surface area contributed by atoms with Crippen molar-refractivity contribution in [2.24, 2.45) is 5.92 Å². The standard InChI is InChI=1S/C34H42N2O6/c1-24(37)41-31-10-6-8-28(20-31)33-17-18-36(22-27-11-12-27)23-34(33,42-25(2)38)16-15-29(21-33)35(3)32(39)14-13-26-7-5-9-30(19-26)40-4/h5-10,13-14,19-20,27,29H,11-12,15-18,21-23H2,1-4H3/t29-,33-,34-/m0/s1. The van der Waals surface area contributed by atoms with Crippen molar-refractivity contribution in [1.29, 1.82) is 0 Å². The zero-order valence-electron chi connectivity index (χ0n) is 25.1. The first-order chi connectivity index (χ1) is 20.1. The van der Waals surface area contributed by atoms with Crippen LogP contribution in [-0.4, -0.2) is 73.1 Å². The molecule has 3 fully saturated rings. The van der Waals surface area contributed by atoms with Crippen LogP contribution in [0.1, 0.15) is 63.5 Å². The Morgan fingerprint density at radius 1 is 1.00 bits per heavy atom. The van der Waals surface area contributed by atoms with E-state index in [1.165, 1.54) is 26.7 Å². The molecule has 1 heterocycles. The van der Waals surface area contributed by atoms with Gasteiger partial charge in [-0.05, 0) is 92.5 Å². The molecule has 3 aliphatic rings. The average Bonchev–Trinajstić information content (AvgIpc) is 3.78. The summed E-state index contributed by atoms with van der Waals surface area (Å²) in [5.41, 5.74) is 0.557. The first kappa shape index (κ1) is 29.8. The Labute approximate surface area is 248 Å². The number of benzene rings is 2. The van der Waals surface area contributed by atoms with Crippen molar-refractivity contribution in [2.45, 2.75) is 69.4 Å². The second kappa shape index (κ2) is 12.3. The van der Waals surface area contributed by atoms with Gasteiger partial charge < -0.3 is 19.1 Å². The number of methoxy groups -OCH3 is 1. The molecule has 8 heteroatoms. The van der Waals surface area contributed by atoms with Crippen LogP contribution in [0.25, 0.3) is 6.08 Å². The highest BCUT2D eigenvalue weighted by Gasteiger charge is 2.61. The number of carbonyl (C=O) groups excluding carboxylic acids is 3. The second-order valence-electron chi connectivity index (χ2n) is 12.2. The largest absolute Gasteiger partial charge is 0.497 e. The van der Waals surface area contributed by atoms with Gasteiger partial charge in [0.15, 0.2) is 0 Å². The van der Waals surface area contributed by atoms with Gasteiger partial charge in [-0.1, -0.05) is 24.3 Å².